The van der Waals surface area contributed by atoms with Crippen LogP contribution in [0.1, 0.15) is 23.1 Å². The summed E-state index contributed by atoms with van der Waals surface area (Å²) < 4.78 is 13.7. The van der Waals surface area contributed by atoms with E-state index < -0.39 is 0 Å². The quantitative estimate of drug-likeness (QED) is 0.759. The van der Waals surface area contributed by atoms with E-state index in [1.807, 2.05) is 17.7 Å². The lowest BCUT2D eigenvalue weighted by atomic mass is 10.2. The van der Waals surface area contributed by atoms with E-state index in [9.17, 15) is 4.79 Å². The van der Waals surface area contributed by atoms with Gasteiger partial charge in [0.1, 0.15) is 18.7 Å². The van der Waals surface area contributed by atoms with E-state index in [2.05, 4.69) is 20.9 Å². The zero-order valence-corrected chi connectivity index (χ0v) is 12.9. The molecule has 0 fully saturated rings. The molecule has 0 bridgehead atoms. The van der Waals surface area contributed by atoms with Crippen LogP contribution in [0.5, 0.6) is 11.5 Å². The van der Waals surface area contributed by atoms with Crippen LogP contribution in [0.2, 0.25) is 0 Å². The van der Waals surface area contributed by atoms with Gasteiger partial charge >= 0.3 is 0 Å². The van der Waals surface area contributed by atoms with Gasteiger partial charge in [-0.05, 0) is 35.0 Å². The Balaban J connectivity index is 2.23. The monoisotopic (exact) mass is 338 g/mol. The molecule has 20 heavy (non-hydrogen) atoms. The molecule has 0 aliphatic carbocycles. The minimum absolute atomic E-state index is 0.330. The molecular formula is C14H15BrN2O3. The third-order valence-electron chi connectivity index (χ3n) is 2.88. The number of rotatable bonds is 6. The van der Waals surface area contributed by atoms with E-state index in [1.165, 1.54) is 7.11 Å². The van der Waals surface area contributed by atoms with E-state index in [1.54, 1.807) is 18.3 Å². The molecule has 2 rings (SSSR count). The maximum Gasteiger partial charge on any atom is 0.176 e. The highest BCUT2D eigenvalue weighted by Gasteiger charge is 2.13. The van der Waals surface area contributed by atoms with Crippen LogP contribution in [0.15, 0.2) is 29.0 Å². The Bertz CT molecular complexity index is 610. The predicted molar refractivity (Wildman–Crippen MR) is 78.3 cm³/mol. The first-order chi connectivity index (χ1) is 9.69. The smallest absolute Gasteiger partial charge is 0.176 e. The lowest BCUT2D eigenvalue weighted by Crippen LogP contribution is -2.06. The molecule has 0 saturated carbocycles. The summed E-state index contributed by atoms with van der Waals surface area (Å²) in [4.78, 5) is 15.1. The molecule has 1 aromatic carbocycles. The summed E-state index contributed by atoms with van der Waals surface area (Å²) in [5.41, 5.74) is 0.524. The maximum atomic E-state index is 10.8. The van der Waals surface area contributed by atoms with Crippen molar-refractivity contribution in [3.8, 4) is 11.5 Å². The molecule has 0 amide bonds. The van der Waals surface area contributed by atoms with Gasteiger partial charge in [-0.1, -0.05) is 0 Å². The van der Waals surface area contributed by atoms with Crippen molar-refractivity contribution < 1.29 is 14.3 Å². The normalized spacial score (nSPS) is 10.3. The SMILES string of the molecule is CCn1ccnc1COc1c(Br)cc(C=O)cc1OC. The fourth-order valence-corrected chi connectivity index (χ4v) is 2.43. The third kappa shape index (κ3) is 3.01. The second-order valence-corrected chi connectivity index (χ2v) is 4.92. The Morgan fingerprint density at radius 2 is 2.25 bits per heavy atom. The van der Waals surface area contributed by atoms with Gasteiger partial charge in [0.15, 0.2) is 11.5 Å². The molecule has 106 valence electrons. The number of hydrogen-bond acceptors (Lipinski definition) is 4. The molecule has 0 spiro atoms. The molecule has 0 radical (unpaired) electrons. The molecule has 6 heteroatoms. The number of halogens is 1. The molecule has 5 nitrogen and oxygen atoms in total. The zero-order valence-electron chi connectivity index (χ0n) is 11.3. The molecule has 0 aliphatic heterocycles. The Labute approximate surface area is 125 Å². The number of imidazole rings is 1. The van der Waals surface area contributed by atoms with Crippen molar-refractivity contribution in [2.75, 3.05) is 7.11 Å². The van der Waals surface area contributed by atoms with Crippen molar-refractivity contribution in [2.24, 2.45) is 0 Å². The fraction of sp³-hybridized carbons (Fsp3) is 0.286. The number of carbonyl (C=O) groups is 1. The van der Waals surface area contributed by atoms with Crippen molar-refractivity contribution in [3.05, 3.63) is 40.4 Å². The molecule has 0 saturated heterocycles. The van der Waals surface area contributed by atoms with Crippen LogP contribution in [0, 0.1) is 0 Å². The van der Waals surface area contributed by atoms with Gasteiger partial charge in [-0.15, -0.1) is 0 Å². The molecule has 0 unspecified atom stereocenters. The van der Waals surface area contributed by atoms with Crippen molar-refractivity contribution in [1.29, 1.82) is 0 Å². The largest absolute Gasteiger partial charge is 0.493 e. The number of carbonyl (C=O) groups excluding carboxylic acids is 1. The number of nitrogens with zero attached hydrogens (tertiary/aromatic N) is 2. The topological polar surface area (TPSA) is 53.4 Å². The summed E-state index contributed by atoms with van der Waals surface area (Å²) in [6, 6.07) is 3.33. The van der Waals surface area contributed by atoms with Crippen LogP contribution < -0.4 is 9.47 Å². The Morgan fingerprint density at radius 3 is 2.90 bits per heavy atom. The Hall–Kier alpha value is -1.82. The highest BCUT2D eigenvalue weighted by Crippen LogP contribution is 2.36. The molecule has 0 atom stereocenters. The number of ether oxygens (including phenoxy) is 2. The summed E-state index contributed by atoms with van der Waals surface area (Å²) in [7, 11) is 1.54. The second-order valence-electron chi connectivity index (χ2n) is 4.07. The van der Waals surface area contributed by atoms with Gasteiger partial charge in [-0.25, -0.2) is 4.98 Å². The summed E-state index contributed by atoms with van der Waals surface area (Å²) in [5, 5.41) is 0. The minimum Gasteiger partial charge on any atom is -0.493 e. The average Bonchev–Trinajstić information content (AvgIpc) is 2.92. The van der Waals surface area contributed by atoms with Gasteiger partial charge in [0.05, 0.1) is 11.6 Å². The van der Waals surface area contributed by atoms with Crippen LogP contribution >= 0.6 is 15.9 Å². The van der Waals surface area contributed by atoms with E-state index in [0.717, 1.165) is 18.7 Å². The number of aromatic nitrogens is 2. The maximum absolute atomic E-state index is 10.8. The number of hydrogen-bond donors (Lipinski definition) is 0. The molecule has 2 aromatic rings. The second kappa shape index (κ2) is 6.56. The molecule has 0 aliphatic rings. The Kier molecular flexibility index (Phi) is 4.79. The summed E-state index contributed by atoms with van der Waals surface area (Å²) in [5.74, 6) is 1.90. The highest BCUT2D eigenvalue weighted by atomic mass is 79.9. The first-order valence-electron chi connectivity index (χ1n) is 6.15. The van der Waals surface area contributed by atoms with Gasteiger partial charge in [-0.2, -0.15) is 0 Å². The average molecular weight is 339 g/mol. The minimum atomic E-state index is 0.330. The van der Waals surface area contributed by atoms with Crippen LogP contribution in [-0.4, -0.2) is 22.9 Å². The van der Waals surface area contributed by atoms with Crippen LogP contribution in [0.3, 0.4) is 0 Å². The highest BCUT2D eigenvalue weighted by molar-refractivity contribution is 9.10. The molecule has 0 N–H and O–H groups in total. The number of aryl methyl sites for hydroxylation is 1. The molecule has 1 aromatic heterocycles. The number of methoxy groups -OCH3 is 1. The van der Waals surface area contributed by atoms with Crippen molar-refractivity contribution in [3.63, 3.8) is 0 Å². The van der Waals surface area contributed by atoms with Crippen molar-refractivity contribution in [1.82, 2.24) is 9.55 Å². The Morgan fingerprint density at radius 1 is 1.45 bits per heavy atom. The van der Waals surface area contributed by atoms with Gasteiger partial charge in [0, 0.05) is 24.5 Å². The predicted octanol–water partition coefficient (Wildman–Crippen LogP) is 3.07. The van der Waals surface area contributed by atoms with E-state index in [0.29, 0.717) is 28.1 Å². The zero-order chi connectivity index (χ0) is 14.5. The lowest BCUT2D eigenvalue weighted by molar-refractivity contribution is 0.112. The first-order valence-corrected chi connectivity index (χ1v) is 6.94. The fourth-order valence-electron chi connectivity index (χ4n) is 1.85. The van der Waals surface area contributed by atoms with Gasteiger partial charge < -0.3 is 14.0 Å². The number of aldehydes is 1. The van der Waals surface area contributed by atoms with Crippen LogP contribution in [-0.2, 0) is 13.2 Å². The van der Waals surface area contributed by atoms with Gasteiger partial charge in [-0.3, -0.25) is 4.79 Å². The van der Waals surface area contributed by atoms with E-state index in [-0.39, 0.29) is 0 Å². The molecule has 1 heterocycles. The van der Waals surface area contributed by atoms with E-state index in [4.69, 9.17) is 9.47 Å². The van der Waals surface area contributed by atoms with Gasteiger partial charge in [0.2, 0.25) is 0 Å². The van der Waals surface area contributed by atoms with Crippen LogP contribution in [0.4, 0.5) is 0 Å². The standard InChI is InChI=1S/C14H15BrN2O3/c1-3-17-5-4-16-13(17)9-20-14-11(15)6-10(8-18)7-12(14)19-2/h4-8H,3,9H2,1-2H3. The van der Waals surface area contributed by atoms with Crippen molar-refractivity contribution >= 4 is 22.2 Å². The van der Waals surface area contributed by atoms with Gasteiger partial charge in [0.25, 0.3) is 0 Å². The first kappa shape index (κ1) is 14.6. The molecular weight excluding hydrogens is 324 g/mol. The van der Waals surface area contributed by atoms with Crippen LogP contribution in [0.25, 0.3) is 0 Å². The van der Waals surface area contributed by atoms with Crippen molar-refractivity contribution in [2.45, 2.75) is 20.1 Å². The third-order valence-corrected chi connectivity index (χ3v) is 3.46. The lowest BCUT2D eigenvalue weighted by Gasteiger charge is -2.13. The summed E-state index contributed by atoms with van der Waals surface area (Å²) >= 11 is 3.39. The van der Waals surface area contributed by atoms with E-state index >= 15 is 0 Å². The number of benzene rings is 1. The summed E-state index contributed by atoms with van der Waals surface area (Å²) in [6.45, 7) is 3.21. The summed E-state index contributed by atoms with van der Waals surface area (Å²) in [6.07, 6.45) is 4.41.